The maximum Gasteiger partial charge on any atom is 0.317 e. The van der Waals surface area contributed by atoms with E-state index in [4.69, 9.17) is 9.39 Å². The lowest BCUT2D eigenvalue weighted by molar-refractivity contribution is -0.145. The molecule has 2 atom stereocenters. The van der Waals surface area contributed by atoms with Gasteiger partial charge in [-0.05, 0) is 31.2 Å². The highest BCUT2D eigenvalue weighted by Crippen LogP contribution is 2.16. The second-order valence-electron chi connectivity index (χ2n) is 4.91. The number of amides is 1. The Bertz CT molecular complexity index is 458. The van der Waals surface area contributed by atoms with E-state index in [1.807, 2.05) is 17.5 Å². The van der Waals surface area contributed by atoms with Crippen LogP contribution in [0, 0.1) is 0 Å². The summed E-state index contributed by atoms with van der Waals surface area (Å²) in [6, 6.07) is 3.88. The monoisotopic (exact) mass is 308 g/mol. The van der Waals surface area contributed by atoms with Crippen molar-refractivity contribution in [2.45, 2.75) is 44.7 Å². The first kappa shape index (κ1) is 16.0. The fourth-order valence-electron chi connectivity index (χ4n) is 2.20. The summed E-state index contributed by atoms with van der Waals surface area (Å²) in [5, 5.41) is 4.88. The van der Waals surface area contributed by atoms with Gasteiger partial charge in [0.2, 0.25) is 5.91 Å². The van der Waals surface area contributed by atoms with Crippen molar-refractivity contribution in [1.82, 2.24) is 5.32 Å². The molecule has 0 aromatic carbocycles. The Morgan fingerprint density at radius 1 is 1.52 bits per heavy atom. The molecule has 0 saturated carbocycles. The third-order valence-corrected chi connectivity index (χ3v) is 4.07. The summed E-state index contributed by atoms with van der Waals surface area (Å²) in [5.74, 6) is -0.335. The number of hydrogen-bond acceptors (Lipinski definition) is 5. The van der Waals surface area contributed by atoms with Crippen LogP contribution in [0.3, 0.4) is 0 Å². The molecule has 5 nitrogen and oxygen atoms in total. The lowest BCUT2D eigenvalue weighted by atomic mass is 9.79. The van der Waals surface area contributed by atoms with Gasteiger partial charge in [-0.15, -0.1) is 11.3 Å². The number of esters is 1. The summed E-state index contributed by atoms with van der Waals surface area (Å²) < 4.78 is 10.4. The van der Waals surface area contributed by atoms with Gasteiger partial charge in [-0.25, -0.2) is 0 Å². The number of thiophene rings is 1. The van der Waals surface area contributed by atoms with E-state index in [1.54, 1.807) is 25.7 Å². The molecule has 7 heteroatoms. The molecule has 0 spiro atoms. The summed E-state index contributed by atoms with van der Waals surface area (Å²) >= 11 is 1.57. The topological polar surface area (TPSA) is 64.6 Å². The van der Waals surface area contributed by atoms with Gasteiger partial charge >= 0.3 is 13.5 Å². The van der Waals surface area contributed by atoms with Crippen molar-refractivity contribution in [3.05, 3.63) is 22.4 Å². The Balaban J connectivity index is 1.66. The first-order valence-corrected chi connectivity index (χ1v) is 8.01. The van der Waals surface area contributed by atoms with Crippen LogP contribution >= 0.6 is 11.3 Å². The molecule has 21 heavy (non-hydrogen) atoms. The van der Waals surface area contributed by atoms with Crippen LogP contribution in [-0.4, -0.2) is 38.0 Å². The standard InChI is InChI=1S/C14H19BNO4S/c1-2-19-14(18)8-10-5-6-12(15-20-10)16-13(17)9-11-4-3-7-21-11/h3-4,7,10,12H,2,5-6,8-9H2,1H3,(H,16,17)/t10-,12-/m0/s1. The molecular formula is C14H19BNO4S. The Labute approximate surface area is 129 Å². The molecule has 0 bridgehead atoms. The Morgan fingerprint density at radius 3 is 3.00 bits per heavy atom. The van der Waals surface area contributed by atoms with Gasteiger partial charge < -0.3 is 14.7 Å². The van der Waals surface area contributed by atoms with Gasteiger partial charge in [0.15, 0.2) is 0 Å². The van der Waals surface area contributed by atoms with Crippen molar-refractivity contribution in [1.29, 1.82) is 0 Å². The number of rotatable bonds is 6. The molecule has 1 fully saturated rings. The predicted octanol–water partition coefficient (Wildman–Crippen LogP) is 1.48. The normalized spacial score (nSPS) is 21.4. The van der Waals surface area contributed by atoms with E-state index < -0.39 is 0 Å². The largest absolute Gasteiger partial charge is 0.466 e. The average Bonchev–Trinajstić information content (AvgIpc) is 2.94. The number of hydrogen-bond donors (Lipinski definition) is 1. The van der Waals surface area contributed by atoms with E-state index in [9.17, 15) is 9.59 Å². The van der Waals surface area contributed by atoms with Crippen molar-refractivity contribution >= 4 is 30.7 Å². The van der Waals surface area contributed by atoms with Crippen LogP contribution in [0.4, 0.5) is 0 Å². The van der Waals surface area contributed by atoms with E-state index in [-0.39, 0.29) is 30.3 Å². The van der Waals surface area contributed by atoms with E-state index >= 15 is 0 Å². The summed E-state index contributed by atoms with van der Waals surface area (Å²) in [6.07, 6.45) is 2.03. The average molecular weight is 308 g/mol. The molecule has 1 aliphatic rings. The first-order valence-electron chi connectivity index (χ1n) is 7.13. The lowest BCUT2D eigenvalue weighted by Crippen LogP contribution is -2.45. The van der Waals surface area contributed by atoms with Gasteiger partial charge in [0.1, 0.15) is 0 Å². The van der Waals surface area contributed by atoms with Gasteiger partial charge in [0.25, 0.3) is 0 Å². The fourth-order valence-corrected chi connectivity index (χ4v) is 2.90. The predicted molar refractivity (Wildman–Crippen MR) is 81.1 cm³/mol. The Kier molecular flexibility index (Phi) is 6.26. The van der Waals surface area contributed by atoms with E-state index in [2.05, 4.69) is 5.32 Å². The van der Waals surface area contributed by atoms with Crippen LogP contribution in [0.5, 0.6) is 0 Å². The molecule has 1 radical (unpaired) electrons. The van der Waals surface area contributed by atoms with Crippen LogP contribution in [0.1, 0.15) is 31.1 Å². The molecule has 1 aromatic heterocycles. The quantitative estimate of drug-likeness (QED) is 0.639. The molecule has 2 rings (SSSR count). The maximum atomic E-state index is 11.9. The molecule has 0 unspecified atom stereocenters. The molecule has 0 aliphatic carbocycles. The summed E-state index contributed by atoms with van der Waals surface area (Å²) in [6.45, 7) is 2.17. The van der Waals surface area contributed by atoms with Crippen LogP contribution in [0.2, 0.25) is 0 Å². The lowest BCUT2D eigenvalue weighted by Gasteiger charge is -2.28. The van der Waals surface area contributed by atoms with Gasteiger partial charge in [-0.1, -0.05) is 6.07 Å². The number of carbonyl (C=O) groups is 2. The van der Waals surface area contributed by atoms with Gasteiger partial charge in [0, 0.05) is 10.8 Å². The fraction of sp³-hybridized carbons (Fsp3) is 0.571. The smallest absolute Gasteiger partial charge is 0.317 e. The first-order chi connectivity index (χ1) is 10.2. The number of carbonyl (C=O) groups excluding carboxylic acids is 2. The molecule has 1 amide bonds. The zero-order valence-electron chi connectivity index (χ0n) is 12.0. The third kappa shape index (κ3) is 5.51. The van der Waals surface area contributed by atoms with Gasteiger partial charge in [-0.2, -0.15) is 0 Å². The van der Waals surface area contributed by atoms with Crippen molar-refractivity contribution in [2.24, 2.45) is 0 Å². The summed E-state index contributed by atoms with van der Waals surface area (Å²) in [5.41, 5.74) is 0. The highest BCUT2D eigenvalue weighted by molar-refractivity contribution is 7.10. The minimum absolute atomic E-state index is 0.00820. The van der Waals surface area contributed by atoms with E-state index in [0.717, 1.165) is 17.7 Å². The van der Waals surface area contributed by atoms with Crippen LogP contribution < -0.4 is 5.32 Å². The van der Waals surface area contributed by atoms with Crippen LogP contribution in [0.15, 0.2) is 17.5 Å². The minimum Gasteiger partial charge on any atom is -0.466 e. The Hall–Kier alpha value is -1.34. The highest BCUT2D eigenvalue weighted by Gasteiger charge is 2.26. The highest BCUT2D eigenvalue weighted by atomic mass is 32.1. The molecule has 1 N–H and O–H groups in total. The molecule has 113 valence electrons. The minimum atomic E-state index is -0.240. The second kappa shape index (κ2) is 8.19. The molecule has 2 heterocycles. The van der Waals surface area contributed by atoms with Gasteiger partial charge in [-0.3, -0.25) is 9.59 Å². The number of nitrogens with one attached hydrogen (secondary N) is 1. The van der Waals surface area contributed by atoms with E-state index in [1.165, 1.54) is 0 Å². The van der Waals surface area contributed by atoms with Crippen molar-refractivity contribution in [3.8, 4) is 0 Å². The zero-order chi connectivity index (χ0) is 15.1. The molecular weight excluding hydrogens is 289 g/mol. The van der Waals surface area contributed by atoms with Crippen LogP contribution in [-0.2, 0) is 25.4 Å². The van der Waals surface area contributed by atoms with Crippen molar-refractivity contribution in [3.63, 3.8) is 0 Å². The molecule has 1 aliphatic heterocycles. The zero-order valence-corrected chi connectivity index (χ0v) is 12.9. The summed E-state index contributed by atoms with van der Waals surface area (Å²) in [4.78, 5) is 24.3. The molecule has 1 saturated heterocycles. The second-order valence-corrected chi connectivity index (χ2v) is 5.94. The SMILES string of the molecule is CCOC(=O)C[C@@H]1CC[C@H](NC(=O)Cc2cccs2)[B]O1. The Morgan fingerprint density at radius 2 is 2.38 bits per heavy atom. The van der Waals surface area contributed by atoms with Gasteiger partial charge in [0.05, 0.1) is 25.6 Å². The maximum absolute atomic E-state index is 11.9. The molecule has 1 aromatic rings. The third-order valence-electron chi connectivity index (χ3n) is 3.20. The van der Waals surface area contributed by atoms with Crippen molar-refractivity contribution in [2.75, 3.05) is 6.61 Å². The van der Waals surface area contributed by atoms with Crippen LogP contribution in [0.25, 0.3) is 0 Å². The number of ether oxygens (including phenoxy) is 1. The van der Waals surface area contributed by atoms with Crippen molar-refractivity contribution < 1.29 is 19.0 Å². The van der Waals surface area contributed by atoms with E-state index in [0.29, 0.717) is 13.0 Å². The summed E-state index contributed by atoms with van der Waals surface area (Å²) in [7, 11) is 1.62.